The lowest BCUT2D eigenvalue weighted by atomic mass is 9.60. The van der Waals surface area contributed by atoms with Gasteiger partial charge in [-0.1, -0.05) is 18.2 Å². The Morgan fingerprint density at radius 2 is 1.91 bits per heavy atom. The van der Waals surface area contributed by atoms with Crippen molar-refractivity contribution in [3.05, 3.63) is 59.3 Å². The van der Waals surface area contributed by atoms with Gasteiger partial charge in [0.15, 0.2) is 5.82 Å². The molecule has 0 unspecified atom stereocenters. The largest absolute Gasteiger partial charge is 0.416 e. The predicted molar refractivity (Wildman–Crippen MR) is 124 cm³/mol. The molecule has 2 heterocycles. The number of aromatic nitrogens is 2. The van der Waals surface area contributed by atoms with Crippen LogP contribution >= 0.6 is 0 Å². The van der Waals surface area contributed by atoms with Gasteiger partial charge in [0, 0.05) is 47.6 Å². The molecule has 1 N–H and O–H groups in total. The van der Waals surface area contributed by atoms with Gasteiger partial charge in [-0.3, -0.25) is 0 Å². The molecule has 1 aliphatic carbocycles. The van der Waals surface area contributed by atoms with E-state index in [4.69, 9.17) is 0 Å². The Morgan fingerprint density at radius 1 is 1.15 bits per heavy atom. The van der Waals surface area contributed by atoms with Crippen molar-refractivity contribution in [2.45, 2.75) is 38.5 Å². The maximum atomic E-state index is 13.3. The molecule has 2 fully saturated rings. The molecule has 8 heteroatoms. The van der Waals surface area contributed by atoms with Crippen LogP contribution in [0.1, 0.15) is 29.5 Å². The summed E-state index contributed by atoms with van der Waals surface area (Å²) in [4.78, 5) is 4.71. The van der Waals surface area contributed by atoms with E-state index in [1.807, 2.05) is 6.07 Å². The average Bonchev–Trinajstić information content (AvgIpc) is 2.70. The fourth-order valence-electron chi connectivity index (χ4n) is 5.26. The van der Waals surface area contributed by atoms with Crippen molar-refractivity contribution in [2.75, 3.05) is 37.4 Å². The van der Waals surface area contributed by atoms with E-state index in [0.717, 1.165) is 35.6 Å². The molecule has 0 atom stereocenters. The van der Waals surface area contributed by atoms with Gasteiger partial charge < -0.3 is 15.1 Å². The summed E-state index contributed by atoms with van der Waals surface area (Å²) < 4.78 is 39.8. The fraction of sp³-hybridized carbons (Fsp3) is 0.440. The van der Waals surface area contributed by atoms with Crippen LogP contribution in [0.3, 0.4) is 0 Å². The lowest BCUT2D eigenvalue weighted by molar-refractivity contribution is -0.138. The van der Waals surface area contributed by atoms with E-state index in [1.165, 1.54) is 25.8 Å². The molecule has 1 saturated carbocycles. The Morgan fingerprint density at radius 3 is 2.61 bits per heavy atom. The molecule has 33 heavy (non-hydrogen) atoms. The molecule has 1 aromatic heterocycles. The van der Waals surface area contributed by atoms with Crippen LogP contribution in [0, 0.1) is 12.3 Å². The average molecular weight is 456 g/mol. The van der Waals surface area contributed by atoms with Gasteiger partial charge in [0.25, 0.3) is 0 Å². The highest BCUT2D eigenvalue weighted by molar-refractivity contribution is 5.93. The van der Waals surface area contributed by atoms with E-state index in [0.29, 0.717) is 22.8 Å². The van der Waals surface area contributed by atoms with Gasteiger partial charge in [0.1, 0.15) is 0 Å². The molecule has 0 amide bonds. The summed E-state index contributed by atoms with van der Waals surface area (Å²) in [5.41, 5.74) is 1.81. The third kappa shape index (κ3) is 4.01. The Bertz CT molecular complexity index is 1180. The zero-order chi connectivity index (χ0) is 23.4. The van der Waals surface area contributed by atoms with Crippen molar-refractivity contribution in [3.63, 3.8) is 0 Å². The van der Waals surface area contributed by atoms with Crippen molar-refractivity contribution in [1.82, 2.24) is 15.1 Å². The van der Waals surface area contributed by atoms with Crippen LogP contribution in [0.2, 0.25) is 0 Å². The van der Waals surface area contributed by atoms with Crippen LogP contribution in [0.25, 0.3) is 10.8 Å². The molecule has 5 nitrogen and oxygen atoms in total. The van der Waals surface area contributed by atoms with Crippen LogP contribution in [0.4, 0.5) is 24.7 Å². The molecule has 0 bridgehead atoms. The second kappa shape index (κ2) is 7.87. The summed E-state index contributed by atoms with van der Waals surface area (Å²) in [6.45, 7) is 3.88. The number of alkyl halides is 3. The highest BCUT2D eigenvalue weighted by Crippen LogP contribution is 2.51. The minimum atomic E-state index is -4.37. The number of nitrogens with zero attached hydrogens (tertiary/aromatic N) is 4. The highest BCUT2D eigenvalue weighted by atomic mass is 19.4. The quantitative estimate of drug-likeness (QED) is 0.580. The Hall–Kier alpha value is -2.87. The lowest BCUT2D eigenvalue weighted by Crippen LogP contribution is -2.66. The van der Waals surface area contributed by atoms with Gasteiger partial charge in [-0.05, 0) is 63.2 Å². The van der Waals surface area contributed by atoms with Crippen molar-refractivity contribution >= 4 is 22.3 Å². The maximum absolute atomic E-state index is 13.3. The number of anilines is 2. The maximum Gasteiger partial charge on any atom is 0.416 e. The summed E-state index contributed by atoms with van der Waals surface area (Å²) in [5.74, 6) is 0.581. The normalized spacial score (nSPS) is 18.0. The second-order valence-corrected chi connectivity index (χ2v) is 9.79. The number of hydrogen-bond donors (Lipinski definition) is 1. The summed E-state index contributed by atoms with van der Waals surface area (Å²) in [5, 5.41) is 13.4. The lowest BCUT2D eigenvalue weighted by Gasteiger charge is -2.61. The van der Waals surface area contributed by atoms with Gasteiger partial charge in [-0.15, -0.1) is 5.10 Å². The van der Waals surface area contributed by atoms with Gasteiger partial charge >= 0.3 is 6.18 Å². The molecular weight excluding hydrogens is 427 g/mol. The summed E-state index contributed by atoms with van der Waals surface area (Å²) in [7, 11) is 4.29. The topological polar surface area (TPSA) is 44.3 Å². The number of rotatable bonds is 5. The molecule has 174 valence electrons. The van der Waals surface area contributed by atoms with Crippen LogP contribution in [-0.4, -0.2) is 48.3 Å². The van der Waals surface area contributed by atoms with E-state index >= 15 is 0 Å². The first-order valence-corrected chi connectivity index (χ1v) is 11.2. The van der Waals surface area contributed by atoms with E-state index in [2.05, 4.69) is 51.5 Å². The van der Waals surface area contributed by atoms with Crippen molar-refractivity contribution in [3.8, 4) is 0 Å². The van der Waals surface area contributed by atoms with Gasteiger partial charge in [0.2, 0.25) is 0 Å². The number of fused-ring (bicyclic) bond motifs is 1. The third-order valence-corrected chi connectivity index (χ3v) is 7.33. The number of benzene rings is 2. The molecule has 1 spiro atoms. The van der Waals surface area contributed by atoms with E-state index in [1.54, 1.807) is 12.3 Å². The fourth-order valence-corrected chi connectivity index (χ4v) is 5.26. The van der Waals surface area contributed by atoms with Crippen LogP contribution in [0.5, 0.6) is 0 Å². The predicted octanol–water partition coefficient (Wildman–Crippen LogP) is 5.10. The molecule has 1 saturated heterocycles. The van der Waals surface area contributed by atoms with Crippen LogP contribution in [-0.2, 0) is 12.7 Å². The third-order valence-electron chi connectivity index (χ3n) is 7.33. The minimum absolute atomic E-state index is 0.230. The first-order chi connectivity index (χ1) is 15.7. The van der Waals surface area contributed by atoms with Crippen molar-refractivity contribution in [2.24, 2.45) is 5.41 Å². The molecule has 2 aliphatic rings. The summed E-state index contributed by atoms with van der Waals surface area (Å²) >= 11 is 0. The molecule has 1 aliphatic heterocycles. The van der Waals surface area contributed by atoms with E-state index < -0.39 is 11.7 Å². The van der Waals surface area contributed by atoms with Crippen LogP contribution in [0.15, 0.2) is 42.6 Å². The van der Waals surface area contributed by atoms with Gasteiger partial charge in [-0.25, -0.2) is 0 Å². The highest BCUT2D eigenvalue weighted by Gasteiger charge is 2.52. The Labute approximate surface area is 191 Å². The first kappa shape index (κ1) is 21.9. The smallest absolute Gasteiger partial charge is 0.370 e. The summed E-state index contributed by atoms with van der Waals surface area (Å²) in [6, 6.07) is 11.2. The van der Waals surface area contributed by atoms with Gasteiger partial charge in [-0.2, -0.15) is 18.3 Å². The number of halogens is 3. The van der Waals surface area contributed by atoms with Crippen LogP contribution < -0.4 is 10.2 Å². The minimum Gasteiger partial charge on any atom is -0.370 e. The van der Waals surface area contributed by atoms with E-state index in [9.17, 15) is 13.2 Å². The molecule has 3 aromatic rings. The standard InChI is InChI=1S/C25H28F3N5/c1-16-17(5-4-6-22(16)25(26,27)28)12-29-23-21-9-19(8-7-18(21)13-30-31-23)33-14-24(15-33)10-20(11-24)32(2)3/h4-9,13,20H,10-12,14-15H2,1-3H3,(H,29,31). The SMILES string of the molecule is Cc1c(CNc2nncc3ccc(N4CC5(CC(N(C)C)C5)C4)cc23)cccc1C(F)(F)F. The first-order valence-electron chi connectivity index (χ1n) is 11.2. The Balaban J connectivity index is 1.33. The Kier molecular flexibility index (Phi) is 5.23. The molecular formula is C25H28F3N5. The molecule has 5 rings (SSSR count). The zero-order valence-corrected chi connectivity index (χ0v) is 19.1. The number of nitrogens with one attached hydrogen (secondary N) is 1. The van der Waals surface area contributed by atoms with E-state index in [-0.39, 0.29) is 12.1 Å². The monoisotopic (exact) mass is 455 g/mol. The number of hydrogen-bond acceptors (Lipinski definition) is 5. The van der Waals surface area contributed by atoms with Gasteiger partial charge in [0.05, 0.1) is 11.8 Å². The van der Waals surface area contributed by atoms with Crippen molar-refractivity contribution < 1.29 is 13.2 Å². The molecule has 0 radical (unpaired) electrons. The zero-order valence-electron chi connectivity index (χ0n) is 19.1. The second-order valence-electron chi connectivity index (χ2n) is 9.79. The van der Waals surface area contributed by atoms with Crippen molar-refractivity contribution in [1.29, 1.82) is 0 Å². The molecule has 2 aromatic carbocycles. The summed E-state index contributed by atoms with van der Waals surface area (Å²) in [6.07, 6.45) is -0.155.